The molecule has 0 aromatic rings. The van der Waals surface area contributed by atoms with Crippen molar-refractivity contribution in [3.05, 3.63) is 0 Å². The third-order valence-corrected chi connectivity index (χ3v) is 3.27. The number of nitrogens with one attached hydrogen (secondary N) is 1. The number of hydrogen-bond donors (Lipinski definition) is 1. The molecule has 0 aromatic heterocycles. The molecule has 0 fully saturated rings. The average molecular weight is 282 g/mol. The lowest BCUT2D eigenvalue weighted by molar-refractivity contribution is -0.165. The van der Waals surface area contributed by atoms with Crippen molar-refractivity contribution in [2.24, 2.45) is 0 Å². The molecule has 1 amide bonds. The van der Waals surface area contributed by atoms with E-state index in [1.165, 1.54) is 0 Å². The van der Waals surface area contributed by atoms with Crippen molar-refractivity contribution in [1.82, 2.24) is 10.2 Å². The minimum Gasteiger partial charge on any atom is -0.330 e. The molecule has 0 aliphatic rings. The average Bonchev–Trinajstić information content (AvgIpc) is 2.34. The quantitative estimate of drug-likeness (QED) is 0.742. The highest BCUT2D eigenvalue weighted by Crippen LogP contribution is 2.20. The van der Waals surface area contributed by atoms with Gasteiger partial charge < -0.3 is 10.2 Å². The van der Waals surface area contributed by atoms with Gasteiger partial charge in [-0.15, -0.1) is 0 Å². The normalized spacial score (nSPS) is 13.7. The first-order chi connectivity index (χ1) is 8.75. The van der Waals surface area contributed by atoms with Gasteiger partial charge in [-0.1, -0.05) is 20.8 Å². The Balaban J connectivity index is 4.67. The van der Waals surface area contributed by atoms with Crippen LogP contribution in [0.3, 0.4) is 0 Å². The smallest absolute Gasteiger partial charge is 0.330 e. The molecule has 0 radical (unpaired) electrons. The fraction of sp³-hybridized carbons (Fsp3) is 0.923. The maximum atomic E-state index is 12.5. The Hall–Kier alpha value is -0.780. The standard InChI is InChI=1S/C13H25F3N2O/c1-5-10(4)17-8-12(19)18(9-13(14,15)16)11(6-2)7-3/h10-11,17H,5-9H2,1-4H3. The summed E-state index contributed by atoms with van der Waals surface area (Å²) in [6.45, 7) is 6.25. The van der Waals surface area contributed by atoms with E-state index in [1.807, 2.05) is 13.8 Å². The van der Waals surface area contributed by atoms with Gasteiger partial charge in [-0.3, -0.25) is 4.79 Å². The molecular formula is C13H25F3N2O. The maximum Gasteiger partial charge on any atom is 0.406 e. The van der Waals surface area contributed by atoms with Crippen molar-refractivity contribution < 1.29 is 18.0 Å². The highest BCUT2D eigenvalue weighted by Gasteiger charge is 2.35. The Morgan fingerprint density at radius 1 is 1.16 bits per heavy atom. The van der Waals surface area contributed by atoms with Crippen LogP contribution in [0.25, 0.3) is 0 Å². The fourth-order valence-electron chi connectivity index (χ4n) is 1.85. The lowest BCUT2D eigenvalue weighted by atomic mass is 10.1. The van der Waals surface area contributed by atoms with E-state index in [-0.39, 0.29) is 18.6 Å². The fourth-order valence-corrected chi connectivity index (χ4v) is 1.85. The summed E-state index contributed by atoms with van der Waals surface area (Å²) in [4.78, 5) is 12.9. The topological polar surface area (TPSA) is 32.3 Å². The van der Waals surface area contributed by atoms with Crippen molar-refractivity contribution in [3.8, 4) is 0 Å². The SMILES string of the molecule is CCC(C)NCC(=O)N(CC(F)(F)F)C(CC)CC. The molecule has 0 bridgehead atoms. The van der Waals surface area contributed by atoms with E-state index < -0.39 is 18.6 Å². The summed E-state index contributed by atoms with van der Waals surface area (Å²) in [5, 5.41) is 2.94. The Morgan fingerprint density at radius 3 is 2.05 bits per heavy atom. The van der Waals surface area contributed by atoms with Gasteiger partial charge in [0.05, 0.1) is 6.54 Å². The molecule has 0 heterocycles. The molecule has 3 nitrogen and oxygen atoms in total. The van der Waals surface area contributed by atoms with E-state index in [9.17, 15) is 18.0 Å². The van der Waals surface area contributed by atoms with Gasteiger partial charge >= 0.3 is 6.18 Å². The summed E-state index contributed by atoms with van der Waals surface area (Å²) in [7, 11) is 0. The second-order valence-electron chi connectivity index (χ2n) is 4.80. The third kappa shape index (κ3) is 7.40. The number of nitrogens with zero attached hydrogens (tertiary/aromatic N) is 1. The zero-order valence-corrected chi connectivity index (χ0v) is 12.2. The van der Waals surface area contributed by atoms with Crippen molar-refractivity contribution in [1.29, 1.82) is 0 Å². The summed E-state index contributed by atoms with van der Waals surface area (Å²) < 4.78 is 37.6. The molecule has 6 heteroatoms. The number of halogens is 3. The first-order valence-corrected chi connectivity index (χ1v) is 6.84. The molecule has 0 spiro atoms. The van der Waals surface area contributed by atoms with Gasteiger partial charge in [0, 0.05) is 12.1 Å². The molecular weight excluding hydrogens is 257 g/mol. The highest BCUT2D eigenvalue weighted by molar-refractivity contribution is 5.78. The predicted octanol–water partition coefficient (Wildman–Crippen LogP) is 2.95. The van der Waals surface area contributed by atoms with Gasteiger partial charge in [0.1, 0.15) is 6.54 Å². The van der Waals surface area contributed by atoms with E-state index in [4.69, 9.17) is 0 Å². The molecule has 0 saturated carbocycles. The molecule has 0 aliphatic heterocycles. The molecule has 0 aromatic carbocycles. The van der Waals surface area contributed by atoms with Crippen LogP contribution < -0.4 is 5.32 Å². The number of rotatable bonds is 8. The molecule has 114 valence electrons. The largest absolute Gasteiger partial charge is 0.406 e. The second-order valence-corrected chi connectivity index (χ2v) is 4.80. The van der Waals surface area contributed by atoms with Gasteiger partial charge in [-0.05, 0) is 26.2 Å². The van der Waals surface area contributed by atoms with Crippen molar-refractivity contribution in [2.75, 3.05) is 13.1 Å². The number of amides is 1. The number of carbonyl (C=O) groups is 1. The zero-order chi connectivity index (χ0) is 15.1. The highest BCUT2D eigenvalue weighted by atomic mass is 19.4. The first kappa shape index (κ1) is 18.2. The second kappa shape index (κ2) is 8.40. The number of alkyl halides is 3. The predicted molar refractivity (Wildman–Crippen MR) is 69.9 cm³/mol. The van der Waals surface area contributed by atoms with E-state index >= 15 is 0 Å². The van der Waals surface area contributed by atoms with E-state index in [0.717, 1.165) is 11.3 Å². The molecule has 1 unspecified atom stereocenters. The van der Waals surface area contributed by atoms with Crippen LogP contribution in [0.5, 0.6) is 0 Å². The van der Waals surface area contributed by atoms with Gasteiger partial charge in [0.25, 0.3) is 0 Å². The van der Waals surface area contributed by atoms with Crippen LogP contribution in [0.4, 0.5) is 13.2 Å². The molecule has 0 aliphatic carbocycles. The molecule has 19 heavy (non-hydrogen) atoms. The summed E-state index contributed by atoms with van der Waals surface area (Å²) in [6.07, 6.45) is -2.46. The third-order valence-electron chi connectivity index (χ3n) is 3.27. The van der Waals surface area contributed by atoms with E-state index in [1.54, 1.807) is 13.8 Å². The Labute approximate surface area is 113 Å². The minimum absolute atomic E-state index is 0.0401. The van der Waals surface area contributed by atoms with E-state index in [0.29, 0.717) is 12.8 Å². The van der Waals surface area contributed by atoms with Crippen LogP contribution in [-0.4, -0.2) is 42.2 Å². The minimum atomic E-state index is -4.35. The van der Waals surface area contributed by atoms with Gasteiger partial charge in [-0.25, -0.2) is 0 Å². The van der Waals surface area contributed by atoms with Crippen molar-refractivity contribution in [2.45, 2.75) is 65.2 Å². The molecule has 1 N–H and O–H groups in total. The summed E-state index contributed by atoms with van der Waals surface area (Å²) in [6, 6.07) is -0.230. The van der Waals surface area contributed by atoms with E-state index in [2.05, 4.69) is 5.32 Å². The molecule has 0 rings (SSSR count). The van der Waals surface area contributed by atoms with Crippen LogP contribution in [0.2, 0.25) is 0 Å². The molecule has 0 saturated heterocycles. The van der Waals surface area contributed by atoms with Gasteiger partial charge in [-0.2, -0.15) is 13.2 Å². The van der Waals surface area contributed by atoms with Crippen LogP contribution >= 0.6 is 0 Å². The lowest BCUT2D eigenvalue weighted by Crippen LogP contribution is -2.49. The number of hydrogen-bond acceptors (Lipinski definition) is 2. The van der Waals surface area contributed by atoms with Crippen LogP contribution in [0, 0.1) is 0 Å². The molecule has 1 atom stereocenters. The van der Waals surface area contributed by atoms with Crippen LogP contribution in [0.15, 0.2) is 0 Å². The van der Waals surface area contributed by atoms with Gasteiger partial charge in [0.15, 0.2) is 0 Å². The van der Waals surface area contributed by atoms with Crippen molar-refractivity contribution in [3.63, 3.8) is 0 Å². The van der Waals surface area contributed by atoms with Crippen LogP contribution in [-0.2, 0) is 4.79 Å². The summed E-state index contributed by atoms with van der Waals surface area (Å²) in [5.41, 5.74) is 0. The Kier molecular flexibility index (Phi) is 8.06. The Bertz CT molecular complexity index is 265. The van der Waals surface area contributed by atoms with Crippen LogP contribution in [0.1, 0.15) is 47.0 Å². The monoisotopic (exact) mass is 282 g/mol. The first-order valence-electron chi connectivity index (χ1n) is 6.84. The lowest BCUT2D eigenvalue weighted by Gasteiger charge is -2.31. The maximum absolute atomic E-state index is 12.5. The van der Waals surface area contributed by atoms with Crippen molar-refractivity contribution >= 4 is 5.91 Å². The Morgan fingerprint density at radius 2 is 1.68 bits per heavy atom. The van der Waals surface area contributed by atoms with Gasteiger partial charge in [0.2, 0.25) is 5.91 Å². The zero-order valence-electron chi connectivity index (χ0n) is 12.2. The number of carbonyl (C=O) groups excluding carboxylic acids is 1. The summed E-state index contributed by atoms with van der Waals surface area (Å²) in [5.74, 6) is -0.480. The summed E-state index contributed by atoms with van der Waals surface area (Å²) >= 11 is 0.